The first-order valence-corrected chi connectivity index (χ1v) is 12.9. The lowest BCUT2D eigenvalue weighted by molar-refractivity contribution is -0.263. The molecule has 0 bridgehead atoms. The highest BCUT2D eigenvalue weighted by molar-refractivity contribution is 5.87. The normalized spacial score (nSPS) is 23.9. The average Bonchev–Trinajstić information content (AvgIpc) is 3.33. The summed E-state index contributed by atoms with van der Waals surface area (Å²) < 4.78 is 16.9. The highest BCUT2D eigenvalue weighted by atomic mass is 16.7. The van der Waals surface area contributed by atoms with Gasteiger partial charge < -0.3 is 45.4 Å². The molecule has 1 aromatic rings. The van der Waals surface area contributed by atoms with Gasteiger partial charge in [0.15, 0.2) is 6.29 Å². The standard InChI is InChI=1S/C25H41N5O9/c1-14(31)29-17(10-16-11-26-13-28-16)23(36)27-12-18-21(34)22(35)20(30-15(2)32)24(38-18)37-9-7-6-8-19(33)39-25(3,4)5/h11,13,17-18,20-22,24,34-35H,6-10,12H2,1-5H3,(H,26,28)(H,27,36)(H,29,31)(H,30,32)/t17-,18?,20?,21?,22?,24?/m1/s1. The minimum Gasteiger partial charge on any atom is -0.460 e. The topological polar surface area (TPSA) is 201 Å². The summed E-state index contributed by atoms with van der Waals surface area (Å²) in [4.78, 5) is 54.8. The van der Waals surface area contributed by atoms with E-state index in [1.807, 2.05) is 0 Å². The molecule has 1 aliphatic heterocycles. The van der Waals surface area contributed by atoms with Crippen LogP contribution < -0.4 is 16.0 Å². The van der Waals surface area contributed by atoms with Crippen molar-refractivity contribution in [3.63, 3.8) is 0 Å². The number of carbonyl (C=O) groups is 4. The number of ether oxygens (including phenoxy) is 3. The maximum absolute atomic E-state index is 12.8. The second kappa shape index (κ2) is 14.9. The largest absolute Gasteiger partial charge is 0.460 e. The molecule has 39 heavy (non-hydrogen) atoms. The number of rotatable bonds is 13. The minimum atomic E-state index is -1.46. The quantitative estimate of drug-likeness (QED) is 0.130. The number of aliphatic hydroxyl groups excluding tert-OH is 2. The number of hydrogen-bond donors (Lipinski definition) is 6. The van der Waals surface area contributed by atoms with Crippen LogP contribution in [0.25, 0.3) is 0 Å². The summed E-state index contributed by atoms with van der Waals surface area (Å²) in [5.74, 6) is -1.73. The van der Waals surface area contributed by atoms with Crippen molar-refractivity contribution in [3.8, 4) is 0 Å². The van der Waals surface area contributed by atoms with E-state index in [1.54, 1.807) is 20.8 Å². The molecule has 14 nitrogen and oxygen atoms in total. The fourth-order valence-corrected chi connectivity index (χ4v) is 3.99. The molecule has 2 heterocycles. The van der Waals surface area contributed by atoms with Crippen LogP contribution in [-0.4, -0.2) is 99.3 Å². The van der Waals surface area contributed by atoms with Crippen LogP contribution in [0.3, 0.4) is 0 Å². The van der Waals surface area contributed by atoms with Crippen LogP contribution in [-0.2, 0) is 39.8 Å². The first-order chi connectivity index (χ1) is 18.3. The van der Waals surface area contributed by atoms with Gasteiger partial charge in [-0.15, -0.1) is 0 Å². The zero-order chi connectivity index (χ0) is 29.2. The van der Waals surface area contributed by atoms with E-state index in [0.717, 1.165) is 0 Å². The summed E-state index contributed by atoms with van der Waals surface area (Å²) >= 11 is 0. The number of aromatic amines is 1. The highest BCUT2D eigenvalue weighted by Crippen LogP contribution is 2.23. The molecule has 2 rings (SSSR count). The molecule has 1 aliphatic rings. The van der Waals surface area contributed by atoms with Crippen molar-refractivity contribution in [1.29, 1.82) is 0 Å². The van der Waals surface area contributed by atoms with Gasteiger partial charge in [0, 0.05) is 51.7 Å². The van der Waals surface area contributed by atoms with Gasteiger partial charge in [0.1, 0.15) is 36.0 Å². The van der Waals surface area contributed by atoms with Crippen LogP contribution in [0.4, 0.5) is 0 Å². The summed E-state index contributed by atoms with van der Waals surface area (Å²) in [6, 6.07) is -1.99. The summed E-state index contributed by atoms with van der Waals surface area (Å²) in [6.07, 6.45) is -0.826. The smallest absolute Gasteiger partial charge is 0.306 e. The summed E-state index contributed by atoms with van der Waals surface area (Å²) in [6.45, 7) is 7.83. The predicted molar refractivity (Wildman–Crippen MR) is 137 cm³/mol. The van der Waals surface area contributed by atoms with E-state index < -0.39 is 60.0 Å². The van der Waals surface area contributed by atoms with E-state index in [1.165, 1.54) is 26.4 Å². The Balaban J connectivity index is 1.96. The molecule has 3 amide bonds. The molecule has 220 valence electrons. The second-order valence-corrected chi connectivity index (χ2v) is 10.4. The Kier molecular flexibility index (Phi) is 12.3. The van der Waals surface area contributed by atoms with Crippen LogP contribution in [0.5, 0.6) is 0 Å². The third-order valence-corrected chi connectivity index (χ3v) is 5.70. The predicted octanol–water partition coefficient (Wildman–Crippen LogP) is -0.947. The van der Waals surface area contributed by atoms with Crippen LogP contribution in [0.15, 0.2) is 12.5 Å². The Morgan fingerprint density at radius 1 is 1.13 bits per heavy atom. The van der Waals surface area contributed by atoms with E-state index >= 15 is 0 Å². The van der Waals surface area contributed by atoms with Gasteiger partial charge >= 0.3 is 5.97 Å². The fourth-order valence-electron chi connectivity index (χ4n) is 3.99. The van der Waals surface area contributed by atoms with E-state index in [4.69, 9.17) is 14.2 Å². The number of nitrogens with one attached hydrogen (secondary N) is 4. The maximum Gasteiger partial charge on any atom is 0.306 e. The molecule has 1 saturated heterocycles. The zero-order valence-corrected chi connectivity index (χ0v) is 23.1. The zero-order valence-electron chi connectivity index (χ0n) is 23.1. The summed E-state index contributed by atoms with van der Waals surface area (Å²) in [5.41, 5.74) is 0.0594. The molecule has 0 aromatic carbocycles. The molecule has 0 aliphatic carbocycles. The van der Waals surface area contributed by atoms with Crippen molar-refractivity contribution >= 4 is 23.7 Å². The Morgan fingerprint density at radius 2 is 1.85 bits per heavy atom. The fraction of sp³-hybridized carbons (Fsp3) is 0.720. The maximum atomic E-state index is 12.8. The van der Waals surface area contributed by atoms with Gasteiger partial charge in [0.25, 0.3) is 0 Å². The lowest BCUT2D eigenvalue weighted by Crippen LogP contribution is -2.65. The third-order valence-electron chi connectivity index (χ3n) is 5.70. The molecule has 6 N–H and O–H groups in total. The second-order valence-electron chi connectivity index (χ2n) is 10.4. The molecule has 0 spiro atoms. The number of nitrogens with zero attached hydrogens (tertiary/aromatic N) is 1. The van der Waals surface area contributed by atoms with Gasteiger partial charge in [0.2, 0.25) is 17.7 Å². The molecule has 0 saturated carbocycles. The first-order valence-electron chi connectivity index (χ1n) is 12.9. The van der Waals surface area contributed by atoms with Crippen LogP contribution in [0.1, 0.15) is 59.6 Å². The first kappa shape index (κ1) is 32.1. The van der Waals surface area contributed by atoms with Crippen LogP contribution >= 0.6 is 0 Å². The van der Waals surface area contributed by atoms with Gasteiger partial charge in [-0.05, 0) is 33.6 Å². The van der Waals surface area contributed by atoms with Crippen molar-refractivity contribution in [2.24, 2.45) is 0 Å². The highest BCUT2D eigenvalue weighted by Gasteiger charge is 2.45. The molecular formula is C25H41N5O9. The van der Waals surface area contributed by atoms with Crippen LogP contribution in [0.2, 0.25) is 0 Å². The van der Waals surface area contributed by atoms with E-state index in [9.17, 15) is 29.4 Å². The van der Waals surface area contributed by atoms with Gasteiger partial charge in [-0.2, -0.15) is 0 Å². The Hall–Kier alpha value is -3.07. The lowest BCUT2D eigenvalue weighted by atomic mass is 9.96. The minimum absolute atomic E-state index is 0.139. The Labute approximate surface area is 227 Å². The van der Waals surface area contributed by atoms with E-state index in [0.29, 0.717) is 18.5 Å². The monoisotopic (exact) mass is 555 g/mol. The number of imidazole rings is 1. The number of carbonyl (C=O) groups excluding carboxylic acids is 4. The number of hydrogen-bond acceptors (Lipinski definition) is 10. The molecular weight excluding hydrogens is 514 g/mol. The number of H-pyrrole nitrogens is 1. The SMILES string of the molecule is CC(=O)NC1C(OCCCCC(=O)OC(C)(C)C)OC(CNC(=O)[C@@H](Cc2cnc[nH]2)NC(C)=O)C(O)C1O. The lowest BCUT2D eigenvalue weighted by Gasteiger charge is -2.42. The molecule has 5 unspecified atom stereocenters. The van der Waals surface area contributed by atoms with Crippen LogP contribution in [0, 0.1) is 0 Å². The summed E-state index contributed by atoms with van der Waals surface area (Å²) in [7, 11) is 0. The Morgan fingerprint density at radius 3 is 2.44 bits per heavy atom. The number of aliphatic hydroxyl groups is 2. The molecule has 1 fully saturated rings. The number of unbranched alkanes of at least 4 members (excludes halogenated alkanes) is 1. The molecule has 6 atom stereocenters. The van der Waals surface area contributed by atoms with Crippen molar-refractivity contribution in [2.45, 2.75) is 103 Å². The van der Waals surface area contributed by atoms with Gasteiger partial charge in [-0.25, -0.2) is 4.98 Å². The van der Waals surface area contributed by atoms with Crippen molar-refractivity contribution in [2.75, 3.05) is 13.2 Å². The third kappa shape index (κ3) is 11.3. The van der Waals surface area contributed by atoms with E-state index in [2.05, 4.69) is 25.9 Å². The number of aromatic nitrogens is 2. The molecule has 1 aromatic heterocycles. The summed E-state index contributed by atoms with van der Waals surface area (Å²) in [5, 5.41) is 29.1. The van der Waals surface area contributed by atoms with Crippen molar-refractivity contribution in [3.05, 3.63) is 18.2 Å². The number of esters is 1. The average molecular weight is 556 g/mol. The van der Waals surface area contributed by atoms with E-state index in [-0.39, 0.29) is 32.0 Å². The number of amides is 3. The molecule has 0 radical (unpaired) electrons. The molecule has 14 heteroatoms. The van der Waals surface area contributed by atoms with Crippen molar-refractivity contribution < 1.29 is 43.6 Å². The van der Waals surface area contributed by atoms with Crippen molar-refractivity contribution in [1.82, 2.24) is 25.9 Å². The van der Waals surface area contributed by atoms with Gasteiger partial charge in [0.05, 0.1) is 6.33 Å². The van der Waals surface area contributed by atoms with Gasteiger partial charge in [-0.3, -0.25) is 19.2 Å². The van der Waals surface area contributed by atoms with Gasteiger partial charge in [-0.1, -0.05) is 0 Å². The Bertz CT molecular complexity index is 950.